The minimum Gasteiger partial charge on any atom is -0.390 e. The van der Waals surface area contributed by atoms with Crippen molar-refractivity contribution < 1.29 is 9.84 Å². The molecule has 0 aromatic heterocycles. The Morgan fingerprint density at radius 1 is 1.36 bits per heavy atom. The standard InChI is InChI=1S/C9H18O2/c1-7(2)9(5-11-6-9)8(3,4)10/h7,10H,5-6H2,1-4H3. The molecule has 0 unspecified atom stereocenters. The molecule has 11 heavy (non-hydrogen) atoms. The van der Waals surface area contributed by atoms with E-state index < -0.39 is 5.60 Å². The van der Waals surface area contributed by atoms with Crippen molar-refractivity contribution in [1.82, 2.24) is 0 Å². The average molecular weight is 158 g/mol. The van der Waals surface area contributed by atoms with Crippen LogP contribution in [0.2, 0.25) is 0 Å². The molecule has 1 aliphatic heterocycles. The molecule has 0 bridgehead atoms. The summed E-state index contributed by atoms with van der Waals surface area (Å²) in [5.74, 6) is 0.483. The Morgan fingerprint density at radius 2 is 1.82 bits per heavy atom. The van der Waals surface area contributed by atoms with E-state index in [0.29, 0.717) is 19.1 Å². The molecule has 2 nitrogen and oxygen atoms in total. The minimum atomic E-state index is -0.612. The molecule has 0 spiro atoms. The molecule has 1 rings (SSSR count). The summed E-state index contributed by atoms with van der Waals surface area (Å²) in [5.41, 5.74) is -0.619. The van der Waals surface area contributed by atoms with Gasteiger partial charge >= 0.3 is 0 Å². The first-order chi connectivity index (χ1) is 4.90. The van der Waals surface area contributed by atoms with Crippen LogP contribution in [0.15, 0.2) is 0 Å². The molecule has 0 aromatic rings. The van der Waals surface area contributed by atoms with Gasteiger partial charge in [0.2, 0.25) is 0 Å². The molecule has 0 amide bonds. The maximum absolute atomic E-state index is 9.88. The highest BCUT2D eigenvalue weighted by molar-refractivity contribution is 4.99. The average Bonchev–Trinajstić information content (AvgIpc) is 1.52. The number of ether oxygens (including phenoxy) is 1. The van der Waals surface area contributed by atoms with Gasteiger partial charge < -0.3 is 9.84 Å². The second kappa shape index (κ2) is 2.46. The van der Waals surface area contributed by atoms with Gasteiger partial charge in [0.15, 0.2) is 0 Å². The van der Waals surface area contributed by atoms with Crippen molar-refractivity contribution >= 4 is 0 Å². The fourth-order valence-electron chi connectivity index (χ4n) is 1.71. The highest BCUT2D eigenvalue weighted by Crippen LogP contribution is 2.44. The summed E-state index contributed by atoms with van der Waals surface area (Å²) in [4.78, 5) is 0. The molecule has 1 heterocycles. The molecule has 1 saturated heterocycles. The Labute approximate surface area is 68.6 Å². The van der Waals surface area contributed by atoms with Crippen molar-refractivity contribution in [2.75, 3.05) is 13.2 Å². The van der Waals surface area contributed by atoms with E-state index in [4.69, 9.17) is 4.74 Å². The lowest BCUT2D eigenvalue weighted by molar-refractivity contribution is -0.229. The van der Waals surface area contributed by atoms with Gasteiger partial charge in [0.1, 0.15) is 0 Å². The van der Waals surface area contributed by atoms with E-state index >= 15 is 0 Å². The van der Waals surface area contributed by atoms with E-state index in [2.05, 4.69) is 13.8 Å². The summed E-state index contributed by atoms with van der Waals surface area (Å²) in [5, 5.41) is 9.88. The molecule has 0 aromatic carbocycles. The molecule has 2 heteroatoms. The third kappa shape index (κ3) is 1.18. The molecule has 1 fully saturated rings. The van der Waals surface area contributed by atoms with Crippen LogP contribution >= 0.6 is 0 Å². The van der Waals surface area contributed by atoms with Crippen molar-refractivity contribution in [3.8, 4) is 0 Å². The first-order valence-corrected chi connectivity index (χ1v) is 4.20. The molecule has 0 radical (unpaired) electrons. The van der Waals surface area contributed by atoms with Gasteiger partial charge in [0.05, 0.1) is 18.8 Å². The highest BCUT2D eigenvalue weighted by Gasteiger charge is 2.52. The van der Waals surface area contributed by atoms with E-state index in [1.807, 2.05) is 13.8 Å². The second-order valence-corrected chi connectivity index (χ2v) is 4.36. The monoisotopic (exact) mass is 158 g/mol. The van der Waals surface area contributed by atoms with Crippen molar-refractivity contribution in [2.45, 2.75) is 33.3 Å². The molecular weight excluding hydrogens is 140 g/mol. The van der Waals surface area contributed by atoms with Gasteiger partial charge in [-0.25, -0.2) is 0 Å². The van der Waals surface area contributed by atoms with Crippen molar-refractivity contribution in [1.29, 1.82) is 0 Å². The van der Waals surface area contributed by atoms with E-state index in [1.165, 1.54) is 0 Å². The molecule has 1 aliphatic rings. The minimum absolute atomic E-state index is 0.00694. The van der Waals surface area contributed by atoms with E-state index in [1.54, 1.807) is 0 Å². The third-order valence-corrected chi connectivity index (χ3v) is 3.04. The summed E-state index contributed by atoms with van der Waals surface area (Å²) < 4.78 is 5.17. The molecular formula is C9H18O2. The predicted octanol–water partition coefficient (Wildman–Crippen LogP) is 1.43. The molecule has 0 saturated carbocycles. The highest BCUT2D eigenvalue weighted by atomic mass is 16.5. The van der Waals surface area contributed by atoms with Crippen molar-refractivity contribution in [3.63, 3.8) is 0 Å². The zero-order valence-corrected chi connectivity index (χ0v) is 7.85. The van der Waals surface area contributed by atoms with Gasteiger partial charge in [-0.2, -0.15) is 0 Å². The van der Waals surface area contributed by atoms with Crippen LogP contribution in [0.25, 0.3) is 0 Å². The lowest BCUT2D eigenvalue weighted by Crippen LogP contribution is -2.60. The molecule has 0 atom stereocenters. The zero-order valence-electron chi connectivity index (χ0n) is 7.85. The van der Waals surface area contributed by atoms with Gasteiger partial charge in [0, 0.05) is 5.41 Å². The van der Waals surface area contributed by atoms with Crippen LogP contribution in [-0.2, 0) is 4.74 Å². The summed E-state index contributed by atoms with van der Waals surface area (Å²) in [6.45, 7) is 9.42. The predicted molar refractivity (Wildman–Crippen MR) is 44.4 cm³/mol. The number of hydrogen-bond donors (Lipinski definition) is 1. The lowest BCUT2D eigenvalue weighted by Gasteiger charge is -2.52. The van der Waals surface area contributed by atoms with Crippen LogP contribution in [0.5, 0.6) is 0 Å². The van der Waals surface area contributed by atoms with Crippen LogP contribution < -0.4 is 0 Å². The molecule has 1 N–H and O–H groups in total. The zero-order chi connectivity index (χ0) is 8.70. The van der Waals surface area contributed by atoms with E-state index in [-0.39, 0.29) is 5.41 Å². The third-order valence-electron chi connectivity index (χ3n) is 3.04. The Morgan fingerprint density at radius 3 is 1.82 bits per heavy atom. The first-order valence-electron chi connectivity index (χ1n) is 4.20. The maximum atomic E-state index is 9.88. The topological polar surface area (TPSA) is 29.5 Å². The van der Waals surface area contributed by atoms with Gasteiger partial charge in [-0.15, -0.1) is 0 Å². The fourth-order valence-corrected chi connectivity index (χ4v) is 1.71. The first kappa shape index (κ1) is 9.01. The number of rotatable bonds is 2. The quantitative estimate of drug-likeness (QED) is 0.658. The Hall–Kier alpha value is -0.0800. The van der Waals surface area contributed by atoms with Gasteiger partial charge in [-0.1, -0.05) is 13.8 Å². The summed E-state index contributed by atoms with van der Waals surface area (Å²) in [6.07, 6.45) is 0. The molecule has 66 valence electrons. The Bertz CT molecular complexity index is 140. The van der Waals surface area contributed by atoms with Crippen LogP contribution in [0.4, 0.5) is 0 Å². The van der Waals surface area contributed by atoms with E-state index in [9.17, 15) is 5.11 Å². The fraction of sp³-hybridized carbons (Fsp3) is 1.00. The van der Waals surface area contributed by atoms with Gasteiger partial charge in [0.25, 0.3) is 0 Å². The van der Waals surface area contributed by atoms with Crippen LogP contribution in [0, 0.1) is 11.3 Å². The van der Waals surface area contributed by atoms with Gasteiger partial charge in [-0.3, -0.25) is 0 Å². The Kier molecular flexibility index (Phi) is 2.01. The number of hydrogen-bond acceptors (Lipinski definition) is 2. The van der Waals surface area contributed by atoms with Crippen LogP contribution in [0.1, 0.15) is 27.7 Å². The van der Waals surface area contributed by atoms with Crippen molar-refractivity contribution in [2.24, 2.45) is 11.3 Å². The normalized spacial score (nSPS) is 23.5. The van der Waals surface area contributed by atoms with Crippen LogP contribution in [0.3, 0.4) is 0 Å². The smallest absolute Gasteiger partial charge is 0.0694 e. The second-order valence-electron chi connectivity index (χ2n) is 4.36. The van der Waals surface area contributed by atoms with Crippen molar-refractivity contribution in [3.05, 3.63) is 0 Å². The summed E-state index contributed by atoms with van der Waals surface area (Å²) >= 11 is 0. The van der Waals surface area contributed by atoms with Crippen LogP contribution in [-0.4, -0.2) is 23.9 Å². The SMILES string of the molecule is CC(C)C1(C(C)(C)O)COC1. The maximum Gasteiger partial charge on any atom is 0.0694 e. The Balaban J connectivity index is 2.76. The lowest BCUT2D eigenvalue weighted by atomic mass is 9.65. The largest absolute Gasteiger partial charge is 0.390 e. The van der Waals surface area contributed by atoms with E-state index in [0.717, 1.165) is 0 Å². The number of aliphatic hydroxyl groups is 1. The summed E-state index contributed by atoms with van der Waals surface area (Å²) in [6, 6.07) is 0. The molecule has 0 aliphatic carbocycles. The summed E-state index contributed by atoms with van der Waals surface area (Å²) in [7, 11) is 0. The van der Waals surface area contributed by atoms with Gasteiger partial charge in [-0.05, 0) is 19.8 Å².